The molecule has 0 unspecified atom stereocenters. The summed E-state index contributed by atoms with van der Waals surface area (Å²) in [5.74, 6) is -2.21. The fourth-order valence-corrected chi connectivity index (χ4v) is 3.34. The van der Waals surface area contributed by atoms with Gasteiger partial charge in [-0.2, -0.15) is 0 Å². The molecule has 2 aromatic heterocycles. The van der Waals surface area contributed by atoms with Crippen LogP contribution in [0.1, 0.15) is 28.5 Å². The van der Waals surface area contributed by atoms with E-state index in [-0.39, 0.29) is 18.9 Å². The van der Waals surface area contributed by atoms with E-state index in [1.807, 2.05) is 0 Å². The molecule has 1 aliphatic rings. The van der Waals surface area contributed by atoms with Gasteiger partial charge >= 0.3 is 0 Å². The fourth-order valence-electron chi connectivity index (χ4n) is 3.34. The van der Waals surface area contributed by atoms with Crippen molar-refractivity contribution >= 4 is 11.6 Å². The molecule has 0 radical (unpaired) electrons. The summed E-state index contributed by atoms with van der Waals surface area (Å²) in [4.78, 5) is 18.7. The predicted octanol–water partition coefficient (Wildman–Crippen LogP) is 2.56. The predicted molar refractivity (Wildman–Crippen MR) is 86.0 cm³/mol. The van der Waals surface area contributed by atoms with Crippen LogP contribution in [0, 0.1) is 11.6 Å². The van der Waals surface area contributed by atoms with Gasteiger partial charge in [-0.05, 0) is 36.2 Å². The normalized spacial score (nSPS) is 20.4. The summed E-state index contributed by atoms with van der Waals surface area (Å²) in [7, 11) is 0. The molecular formula is C18H15F2N3O2. The Morgan fingerprint density at radius 3 is 2.84 bits per heavy atom. The molecule has 2 atom stereocenters. The van der Waals surface area contributed by atoms with E-state index in [1.165, 1.54) is 11.0 Å². The highest BCUT2D eigenvalue weighted by Crippen LogP contribution is 2.34. The maximum atomic E-state index is 13.6. The quantitative estimate of drug-likeness (QED) is 0.778. The summed E-state index contributed by atoms with van der Waals surface area (Å²) in [6, 6.07) is 8.22. The van der Waals surface area contributed by atoms with Gasteiger partial charge in [-0.15, -0.1) is 0 Å². The van der Waals surface area contributed by atoms with E-state index in [0.717, 1.165) is 12.1 Å². The third kappa shape index (κ3) is 2.66. The van der Waals surface area contributed by atoms with Crippen LogP contribution in [0.5, 0.6) is 0 Å². The highest BCUT2D eigenvalue weighted by Gasteiger charge is 2.36. The lowest BCUT2D eigenvalue weighted by molar-refractivity contribution is 0.0708. The number of aliphatic hydroxyl groups is 1. The summed E-state index contributed by atoms with van der Waals surface area (Å²) in [6.45, 7) is 0.133. The molecule has 5 nitrogen and oxygen atoms in total. The number of pyridine rings is 1. The minimum absolute atomic E-state index is 0.133. The van der Waals surface area contributed by atoms with Crippen LogP contribution in [0.2, 0.25) is 0 Å². The van der Waals surface area contributed by atoms with Crippen molar-refractivity contribution in [3.05, 3.63) is 71.7 Å². The minimum Gasteiger partial charge on any atom is -0.391 e. The third-order valence-corrected chi connectivity index (χ3v) is 4.52. The summed E-state index contributed by atoms with van der Waals surface area (Å²) in [6.07, 6.45) is 2.83. The van der Waals surface area contributed by atoms with E-state index in [1.54, 1.807) is 35.0 Å². The number of rotatable bonds is 2. The van der Waals surface area contributed by atoms with Crippen LogP contribution in [-0.4, -0.2) is 37.9 Å². The zero-order chi connectivity index (χ0) is 17.6. The van der Waals surface area contributed by atoms with Crippen molar-refractivity contribution in [3.63, 3.8) is 0 Å². The molecular weight excluding hydrogens is 328 g/mol. The van der Waals surface area contributed by atoms with Gasteiger partial charge in [0.15, 0.2) is 11.6 Å². The van der Waals surface area contributed by atoms with E-state index in [2.05, 4.69) is 4.98 Å². The Balaban J connectivity index is 1.73. The molecule has 128 valence electrons. The first-order valence-electron chi connectivity index (χ1n) is 7.90. The molecule has 1 amide bonds. The molecule has 1 aliphatic heterocycles. The fraction of sp³-hybridized carbons (Fsp3) is 0.222. The van der Waals surface area contributed by atoms with Crippen LogP contribution in [0.3, 0.4) is 0 Å². The number of nitrogens with zero attached hydrogens (tertiary/aromatic N) is 3. The van der Waals surface area contributed by atoms with Gasteiger partial charge in [0, 0.05) is 18.9 Å². The topological polar surface area (TPSA) is 57.8 Å². The van der Waals surface area contributed by atoms with Crippen molar-refractivity contribution in [3.8, 4) is 0 Å². The first kappa shape index (κ1) is 15.7. The summed E-state index contributed by atoms with van der Waals surface area (Å²) in [5.41, 5.74) is 1.49. The van der Waals surface area contributed by atoms with Gasteiger partial charge in [0.2, 0.25) is 0 Å². The van der Waals surface area contributed by atoms with Crippen molar-refractivity contribution < 1.29 is 18.7 Å². The number of fused-ring (bicyclic) bond motifs is 1. The lowest BCUT2D eigenvalue weighted by Gasteiger charge is -2.25. The molecule has 1 saturated heterocycles. The van der Waals surface area contributed by atoms with E-state index in [4.69, 9.17) is 0 Å². The zero-order valence-electron chi connectivity index (χ0n) is 13.1. The van der Waals surface area contributed by atoms with Crippen molar-refractivity contribution in [1.29, 1.82) is 0 Å². The first-order chi connectivity index (χ1) is 12.0. The Labute approximate surface area is 142 Å². The standard InChI is InChI=1S/C18H15F2N3O2/c19-13-5-4-11(8-14(13)20)16-9-12(24)10-23(16)18(25)15-2-1-3-17-21-6-7-22(15)17/h1-8,12,16,24H,9-10H2/t12-,16-/m1/s1. The van der Waals surface area contributed by atoms with Crippen LogP contribution in [0.15, 0.2) is 48.8 Å². The maximum Gasteiger partial charge on any atom is 0.271 e. The highest BCUT2D eigenvalue weighted by atomic mass is 19.2. The molecule has 0 bridgehead atoms. The molecule has 1 N–H and O–H groups in total. The second kappa shape index (κ2) is 5.93. The Bertz CT molecular complexity index is 956. The van der Waals surface area contributed by atoms with Crippen molar-refractivity contribution in [2.24, 2.45) is 0 Å². The van der Waals surface area contributed by atoms with Gasteiger partial charge < -0.3 is 10.0 Å². The zero-order valence-corrected chi connectivity index (χ0v) is 13.1. The largest absolute Gasteiger partial charge is 0.391 e. The minimum atomic E-state index is -0.969. The molecule has 7 heteroatoms. The number of amides is 1. The number of carbonyl (C=O) groups is 1. The molecule has 0 spiro atoms. The second-order valence-electron chi connectivity index (χ2n) is 6.10. The number of imidazole rings is 1. The van der Waals surface area contributed by atoms with E-state index >= 15 is 0 Å². The summed E-state index contributed by atoms with van der Waals surface area (Å²) in [5, 5.41) is 10.0. The van der Waals surface area contributed by atoms with Gasteiger partial charge in [0.05, 0.1) is 12.1 Å². The Morgan fingerprint density at radius 2 is 2.04 bits per heavy atom. The number of hydrogen-bond donors (Lipinski definition) is 1. The monoisotopic (exact) mass is 343 g/mol. The molecule has 3 aromatic rings. The number of benzene rings is 1. The maximum absolute atomic E-state index is 13.6. The number of halogens is 2. The van der Waals surface area contributed by atoms with Crippen LogP contribution < -0.4 is 0 Å². The molecule has 3 heterocycles. The summed E-state index contributed by atoms with van der Waals surface area (Å²) >= 11 is 0. The highest BCUT2D eigenvalue weighted by molar-refractivity contribution is 5.93. The Kier molecular flexibility index (Phi) is 3.73. The van der Waals surface area contributed by atoms with Crippen molar-refractivity contribution in [1.82, 2.24) is 14.3 Å². The van der Waals surface area contributed by atoms with Crippen LogP contribution in [0.25, 0.3) is 5.65 Å². The number of carbonyl (C=O) groups excluding carboxylic acids is 1. The number of aliphatic hydroxyl groups excluding tert-OH is 1. The van der Waals surface area contributed by atoms with Crippen molar-refractivity contribution in [2.45, 2.75) is 18.6 Å². The van der Waals surface area contributed by atoms with Crippen LogP contribution in [-0.2, 0) is 0 Å². The van der Waals surface area contributed by atoms with E-state index < -0.39 is 23.8 Å². The smallest absolute Gasteiger partial charge is 0.271 e. The van der Waals surface area contributed by atoms with Gasteiger partial charge in [-0.1, -0.05) is 12.1 Å². The molecule has 0 saturated carbocycles. The lowest BCUT2D eigenvalue weighted by Crippen LogP contribution is -2.33. The van der Waals surface area contributed by atoms with Crippen molar-refractivity contribution in [2.75, 3.05) is 6.54 Å². The lowest BCUT2D eigenvalue weighted by atomic mass is 10.0. The number of β-amino-alcohol motifs (C(OH)–C–C–N with tert-alkyl or cyclic N) is 1. The molecule has 1 fully saturated rings. The van der Waals surface area contributed by atoms with E-state index in [0.29, 0.717) is 16.9 Å². The Morgan fingerprint density at radius 1 is 1.20 bits per heavy atom. The number of likely N-dealkylation sites (tertiary alicyclic amines) is 1. The number of hydrogen-bond acceptors (Lipinski definition) is 3. The van der Waals surface area contributed by atoms with E-state index in [9.17, 15) is 18.7 Å². The Hall–Kier alpha value is -2.80. The van der Waals surface area contributed by atoms with Gasteiger partial charge in [0.1, 0.15) is 11.3 Å². The SMILES string of the molecule is O=C(c1cccc2nccn12)N1C[C@H](O)C[C@@H]1c1ccc(F)c(F)c1. The van der Waals surface area contributed by atoms with Gasteiger partial charge in [-0.3, -0.25) is 9.20 Å². The molecule has 4 rings (SSSR count). The van der Waals surface area contributed by atoms with Crippen LogP contribution >= 0.6 is 0 Å². The van der Waals surface area contributed by atoms with Gasteiger partial charge in [0.25, 0.3) is 5.91 Å². The second-order valence-corrected chi connectivity index (χ2v) is 6.10. The number of aromatic nitrogens is 2. The average Bonchev–Trinajstić information content (AvgIpc) is 3.22. The molecule has 25 heavy (non-hydrogen) atoms. The van der Waals surface area contributed by atoms with Crippen LogP contribution in [0.4, 0.5) is 8.78 Å². The molecule has 0 aliphatic carbocycles. The average molecular weight is 343 g/mol. The van der Waals surface area contributed by atoms with Gasteiger partial charge in [-0.25, -0.2) is 13.8 Å². The molecule has 1 aromatic carbocycles. The third-order valence-electron chi connectivity index (χ3n) is 4.52. The first-order valence-corrected chi connectivity index (χ1v) is 7.90. The summed E-state index contributed by atoms with van der Waals surface area (Å²) < 4.78 is 28.5.